The van der Waals surface area contributed by atoms with Gasteiger partial charge in [-0.15, -0.1) is 0 Å². The molecule has 0 aliphatic carbocycles. The van der Waals surface area contributed by atoms with Crippen LogP contribution in [0.2, 0.25) is 0 Å². The molecule has 0 saturated heterocycles. The topological polar surface area (TPSA) is 76.6 Å². The Balaban J connectivity index is 1.62. The van der Waals surface area contributed by atoms with E-state index >= 15 is 0 Å². The zero-order valence-corrected chi connectivity index (χ0v) is 16.8. The molecule has 0 fully saturated rings. The molecule has 29 heavy (non-hydrogen) atoms. The smallest absolute Gasteiger partial charge is 0.257 e. The van der Waals surface area contributed by atoms with E-state index in [1.165, 1.54) is 5.56 Å². The Morgan fingerprint density at radius 1 is 1.03 bits per heavy atom. The number of rotatable bonds is 8. The van der Waals surface area contributed by atoms with Crippen LogP contribution in [-0.2, 0) is 6.42 Å². The first-order chi connectivity index (χ1) is 14.1. The number of ether oxygens (including phenoxy) is 2. The lowest BCUT2D eigenvalue weighted by atomic mass is 10.2. The fourth-order valence-corrected chi connectivity index (χ4v) is 2.79. The van der Waals surface area contributed by atoms with Crippen molar-refractivity contribution in [1.29, 1.82) is 0 Å². The second-order valence-corrected chi connectivity index (χ2v) is 6.48. The van der Waals surface area contributed by atoms with E-state index in [1.807, 2.05) is 25.2 Å². The van der Waals surface area contributed by atoms with E-state index in [9.17, 15) is 4.79 Å². The molecule has 0 saturated carbocycles. The number of anilines is 2. The van der Waals surface area contributed by atoms with Crippen molar-refractivity contribution in [2.75, 3.05) is 38.0 Å². The van der Waals surface area contributed by atoms with E-state index < -0.39 is 0 Å². The van der Waals surface area contributed by atoms with Crippen LogP contribution in [-0.4, -0.2) is 43.7 Å². The zero-order chi connectivity index (χ0) is 20.6. The monoisotopic (exact) mass is 392 g/mol. The Hall–Kier alpha value is -3.61. The average molecular weight is 392 g/mol. The van der Waals surface area contributed by atoms with E-state index in [2.05, 4.69) is 20.2 Å². The number of aromatic nitrogens is 2. The predicted molar refractivity (Wildman–Crippen MR) is 113 cm³/mol. The fourth-order valence-electron chi connectivity index (χ4n) is 2.79. The van der Waals surface area contributed by atoms with Crippen molar-refractivity contribution < 1.29 is 14.3 Å². The van der Waals surface area contributed by atoms with E-state index in [0.717, 1.165) is 18.7 Å². The van der Waals surface area contributed by atoms with Crippen LogP contribution in [0.5, 0.6) is 11.5 Å². The van der Waals surface area contributed by atoms with Crippen LogP contribution < -0.4 is 19.7 Å². The third-order valence-electron chi connectivity index (χ3n) is 4.53. The Bertz CT molecular complexity index is 924. The van der Waals surface area contributed by atoms with Crippen molar-refractivity contribution >= 4 is 17.4 Å². The lowest BCUT2D eigenvalue weighted by Crippen LogP contribution is -2.20. The Morgan fingerprint density at radius 2 is 1.72 bits per heavy atom. The number of benzene rings is 1. The Kier molecular flexibility index (Phi) is 6.63. The number of carbonyl (C=O) groups is 1. The number of pyridine rings is 2. The minimum atomic E-state index is -0.284. The normalized spacial score (nSPS) is 10.3. The Labute approximate surface area is 170 Å². The summed E-state index contributed by atoms with van der Waals surface area (Å²) in [6.45, 7) is 0.848. The van der Waals surface area contributed by atoms with Gasteiger partial charge in [0.2, 0.25) is 0 Å². The number of methoxy groups -OCH3 is 2. The molecular formula is C22H24N4O3. The van der Waals surface area contributed by atoms with Gasteiger partial charge in [-0.1, -0.05) is 0 Å². The summed E-state index contributed by atoms with van der Waals surface area (Å²) in [5.74, 6) is 1.29. The van der Waals surface area contributed by atoms with E-state index in [4.69, 9.17) is 9.47 Å². The van der Waals surface area contributed by atoms with Crippen LogP contribution in [0.15, 0.2) is 61.1 Å². The van der Waals surface area contributed by atoms with E-state index in [-0.39, 0.29) is 5.91 Å². The summed E-state index contributed by atoms with van der Waals surface area (Å²) < 4.78 is 10.4. The zero-order valence-electron chi connectivity index (χ0n) is 16.8. The van der Waals surface area contributed by atoms with Gasteiger partial charge >= 0.3 is 0 Å². The first kappa shape index (κ1) is 20.1. The lowest BCUT2D eigenvalue weighted by molar-refractivity contribution is 0.102. The molecule has 0 unspecified atom stereocenters. The van der Waals surface area contributed by atoms with Gasteiger partial charge in [0, 0.05) is 37.6 Å². The molecule has 0 spiro atoms. The molecule has 150 valence electrons. The molecule has 1 N–H and O–H groups in total. The molecule has 0 aliphatic heterocycles. The van der Waals surface area contributed by atoms with Crippen LogP contribution in [0.4, 0.5) is 11.5 Å². The molecule has 1 amide bonds. The molecule has 7 heteroatoms. The molecular weight excluding hydrogens is 368 g/mol. The van der Waals surface area contributed by atoms with Gasteiger partial charge in [-0.05, 0) is 48.4 Å². The number of likely N-dealkylation sites (N-methyl/N-ethyl adjacent to an activating group) is 1. The molecule has 2 aromatic heterocycles. The van der Waals surface area contributed by atoms with Crippen LogP contribution in [0.25, 0.3) is 0 Å². The number of carbonyl (C=O) groups excluding carboxylic acids is 1. The van der Waals surface area contributed by atoms with Crippen molar-refractivity contribution in [2.45, 2.75) is 6.42 Å². The highest BCUT2D eigenvalue weighted by Crippen LogP contribution is 2.23. The van der Waals surface area contributed by atoms with Crippen molar-refractivity contribution in [2.24, 2.45) is 0 Å². The lowest BCUT2D eigenvalue weighted by Gasteiger charge is -2.19. The van der Waals surface area contributed by atoms with Crippen molar-refractivity contribution in [3.63, 3.8) is 0 Å². The maximum atomic E-state index is 12.6. The highest BCUT2D eigenvalue weighted by Gasteiger charge is 2.11. The van der Waals surface area contributed by atoms with Crippen LogP contribution in [0, 0.1) is 0 Å². The van der Waals surface area contributed by atoms with Crippen molar-refractivity contribution in [3.8, 4) is 11.5 Å². The largest absolute Gasteiger partial charge is 0.497 e. The predicted octanol–water partition coefficient (Wildman–Crippen LogP) is 3.43. The molecule has 3 aromatic rings. The average Bonchev–Trinajstić information content (AvgIpc) is 2.78. The summed E-state index contributed by atoms with van der Waals surface area (Å²) in [4.78, 5) is 23.1. The molecule has 2 heterocycles. The molecule has 0 bridgehead atoms. The van der Waals surface area contributed by atoms with Crippen LogP contribution in [0.3, 0.4) is 0 Å². The summed E-state index contributed by atoms with van der Waals surface area (Å²) in [5, 5.41) is 2.80. The van der Waals surface area contributed by atoms with E-state index in [1.54, 1.807) is 57.1 Å². The van der Waals surface area contributed by atoms with Crippen molar-refractivity contribution in [3.05, 3.63) is 72.2 Å². The first-order valence-corrected chi connectivity index (χ1v) is 9.19. The summed E-state index contributed by atoms with van der Waals surface area (Å²) >= 11 is 0. The highest BCUT2D eigenvalue weighted by molar-refractivity contribution is 6.04. The van der Waals surface area contributed by atoms with Gasteiger partial charge in [-0.25, -0.2) is 4.98 Å². The second-order valence-electron chi connectivity index (χ2n) is 6.48. The molecule has 0 aliphatic rings. The number of nitrogens with zero attached hydrogens (tertiary/aromatic N) is 3. The molecule has 0 atom stereocenters. The number of nitrogens with one attached hydrogen (secondary N) is 1. The van der Waals surface area contributed by atoms with Crippen molar-refractivity contribution in [1.82, 2.24) is 9.97 Å². The molecule has 7 nitrogen and oxygen atoms in total. The molecule has 3 rings (SSSR count). The summed E-state index contributed by atoms with van der Waals surface area (Å²) in [5.41, 5.74) is 2.64. The highest BCUT2D eigenvalue weighted by atomic mass is 16.5. The third-order valence-corrected chi connectivity index (χ3v) is 4.53. The Morgan fingerprint density at radius 3 is 2.31 bits per heavy atom. The minimum absolute atomic E-state index is 0.284. The quantitative estimate of drug-likeness (QED) is 0.633. The van der Waals surface area contributed by atoms with Gasteiger partial charge in [0.15, 0.2) is 0 Å². The fraction of sp³-hybridized carbons (Fsp3) is 0.227. The third kappa shape index (κ3) is 5.44. The summed E-state index contributed by atoms with van der Waals surface area (Å²) in [7, 11) is 5.10. The van der Waals surface area contributed by atoms with Gasteiger partial charge in [-0.2, -0.15) is 0 Å². The van der Waals surface area contributed by atoms with Gasteiger partial charge in [0.05, 0.1) is 26.1 Å². The summed E-state index contributed by atoms with van der Waals surface area (Å²) in [6.07, 6.45) is 6.25. The maximum absolute atomic E-state index is 12.6. The molecule has 0 radical (unpaired) electrons. The second kappa shape index (κ2) is 9.54. The molecule has 1 aromatic carbocycles. The maximum Gasteiger partial charge on any atom is 0.257 e. The van der Waals surface area contributed by atoms with Crippen LogP contribution >= 0.6 is 0 Å². The van der Waals surface area contributed by atoms with Gasteiger partial charge in [-0.3, -0.25) is 9.78 Å². The minimum Gasteiger partial charge on any atom is -0.497 e. The van der Waals surface area contributed by atoms with Crippen LogP contribution in [0.1, 0.15) is 15.9 Å². The van der Waals surface area contributed by atoms with Gasteiger partial charge in [0.1, 0.15) is 17.3 Å². The standard InChI is InChI=1S/C22H24N4O3/c1-26(11-8-16-6-9-23-10-7-16)18-4-5-21(24-15-18)25-22(27)17-12-19(28-2)14-20(13-17)29-3/h4-7,9-10,12-15H,8,11H2,1-3H3,(H,24,25,27). The number of amides is 1. The van der Waals surface area contributed by atoms with Gasteiger partial charge < -0.3 is 19.7 Å². The number of hydrogen-bond acceptors (Lipinski definition) is 6. The van der Waals surface area contributed by atoms with Gasteiger partial charge in [0.25, 0.3) is 5.91 Å². The first-order valence-electron chi connectivity index (χ1n) is 9.19. The SMILES string of the molecule is COc1cc(OC)cc(C(=O)Nc2ccc(N(C)CCc3ccncc3)cn2)c1. The summed E-state index contributed by atoms with van der Waals surface area (Å²) in [6, 6.07) is 12.8. The van der Waals surface area contributed by atoms with E-state index in [0.29, 0.717) is 22.9 Å². The number of hydrogen-bond donors (Lipinski definition) is 1.